The van der Waals surface area contributed by atoms with Gasteiger partial charge in [0, 0.05) is 0 Å². The predicted molar refractivity (Wildman–Crippen MR) is 83.7 cm³/mol. The molecule has 0 fully saturated rings. The van der Waals surface area contributed by atoms with Gasteiger partial charge in [-0.1, -0.05) is 6.07 Å². The first-order chi connectivity index (χ1) is 9.06. The molecule has 0 aliphatic rings. The summed E-state index contributed by atoms with van der Waals surface area (Å²) in [5, 5.41) is 2.10. The van der Waals surface area contributed by atoms with Crippen molar-refractivity contribution < 1.29 is 4.74 Å². The van der Waals surface area contributed by atoms with Gasteiger partial charge in [0.2, 0.25) is 0 Å². The summed E-state index contributed by atoms with van der Waals surface area (Å²) in [5.41, 5.74) is 7.50. The summed E-state index contributed by atoms with van der Waals surface area (Å²) in [6.07, 6.45) is 0. The Bertz CT molecular complexity index is 583. The molecule has 2 aromatic rings. The second-order valence-electron chi connectivity index (χ2n) is 4.46. The molecule has 2 rings (SSSR count). The molecule has 1 aromatic carbocycles. The van der Waals surface area contributed by atoms with Crippen LogP contribution in [0.1, 0.15) is 28.3 Å². The number of benzene rings is 1. The average Bonchev–Trinajstić information content (AvgIpc) is 2.80. The highest BCUT2D eigenvalue weighted by molar-refractivity contribution is 9.11. The van der Waals surface area contributed by atoms with E-state index in [4.69, 9.17) is 10.6 Å². The van der Waals surface area contributed by atoms with Gasteiger partial charge < -0.3 is 4.74 Å². The highest BCUT2D eigenvalue weighted by Crippen LogP contribution is 2.33. The largest absolute Gasteiger partial charge is 0.496 e. The van der Waals surface area contributed by atoms with Crippen LogP contribution in [0.3, 0.4) is 0 Å². The maximum absolute atomic E-state index is 5.74. The lowest BCUT2D eigenvalue weighted by atomic mass is 9.95. The second-order valence-corrected chi connectivity index (χ2v) is 6.75. The summed E-state index contributed by atoms with van der Waals surface area (Å²) in [6, 6.07) is 6.27. The van der Waals surface area contributed by atoms with Crippen LogP contribution in [0.25, 0.3) is 0 Å². The Hall–Kier alpha value is -0.880. The quantitative estimate of drug-likeness (QED) is 0.659. The SMILES string of the molecule is COc1cc(C)c(C(NN)c2csc(Br)c2)cc1C. The molecule has 5 heteroatoms. The molecule has 19 heavy (non-hydrogen) atoms. The maximum atomic E-state index is 5.74. The molecule has 0 saturated heterocycles. The molecule has 0 radical (unpaired) electrons. The van der Waals surface area contributed by atoms with Crippen LogP contribution in [0.5, 0.6) is 5.75 Å². The van der Waals surface area contributed by atoms with E-state index in [-0.39, 0.29) is 6.04 Å². The lowest BCUT2D eigenvalue weighted by Crippen LogP contribution is -2.29. The number of rotatable bonds is 4. The van der Waals surface area contributed by atoms with Crippen LogP contribution in [0.4, 0.5) is 0 Å². The highest BCUT2D eigenvalue weighted by atomic mass is 79.9. The maximum Gasteiger partial charge on any atom is 0.122 e. The van der Waals surface area contributed by atoms with E-state index >= 15 is 0 Å². The summed E-state index contributed by atoms with van der Waals surface area (Å²) < 4.78 is 6.45. The van der Waals surface area contributed by atoms with Gasteiger partial charge in [-0.3, -0.25) is 5.84 Å². The van der Waals surface area contributed by atoms with Crippen LogP contribution in [0.2, 0.25) is 0 Å². The third-order valence-corrected chi connectivity index (χ3v) is 4.70. The van der Waals surface area contributed by atoms with Crippen LogP contribution in [0.15, 0.2) is 27.4 Å². The summed E-state index contributed by atoms with van der Waals surface area (Å²) in [6.45, 7) is 4.11. The van der Waals surface area contributed by atoms with Crippen molar-refractivity contribution in [1.29, 1.82) is 0 Å². The molecule has 0 saturated carbocycles. The molecule has 3 nitrogen and oxygen atoms in total. The molecule has 3 N–H and O–H groups in total. The van der Waals surface area contributed by atoms with Crippen molar-refractivity contribution in [3.05, 3.63) is 49.6 Å². The second kappa shape index (κ2) is 6.05. The summed E-state index contributed by atoms with van der Waals surface area (Å²) in [4.78, 5) is 0. The Kier molecular flexibility index (Phi) is 4.62. The van der Waals surface area contributed by atoms with Gasteiger partial charge in [0.25, 0.3) is 0 Å². The molecule has 0 spiro atoms. The third kappa shape index (κ3) is 3.00. The van der Waals surface area contributed by atoms with E-state index in [1.807, 2.05) is 6.92 Å². The highest BCUT2D eigenvalue weighted by Gasteiger charge is 2.17. The molecule has 0 aliphatic heterocycles. The molecule has 102 valence electrons. The van der Waals surface area contributed by atoms with E-state index < -0.39 is 0 Å². The standard InChI is InChI=1S/C14H17BrN2OS/c1-8-5-12(18-3)9(2)4-11(8)14(17-16)10-6-13(15)19-7-10/h4-7,14,17H,16H2,1-3H3. The first kappa shape index (κ1) is 14.5. The number of ether oxygens (including phenoxy) is 1. The van der Waals surface area contributed by atoms with Gasteiger partial charge in [-0.25, -0.2) is 5.43 Å². The lowest BCUT2D eigenvalue weighted by molar-refractivity contribution is 0.411. The third-order valence-electron chi connectivity index (χ3n) is 3.18. The van der Waals surface area contributed by atoms with E-state index in [2.05, 4.69) is 51.9 Å². The predicted octanol–water partition coefficient (Wildman–Crippen LogP) is 3.69. The van der Waals surface area contributed by atoms with Gasteiger partial charge in [-0.15, -0.1) is 11.3 Å². The van der Waals surface area contributed by atoms with Gasteiger partial charge in [-0.05, 0) is 69.5 Å². The topological polar surface area (TPSA) is 47.3 Å². The average molecular weight is 341 g/mol. The number of hydrogen-bond donors (Lipinski definition) is 2. The van der Waals surface area contributed by atoms with Gasteiger partial charge >= 0.3 is 0 Å². The molecule has 1 atom stereocenters. The van der Waals surface area contributed by atoms with E-state index in [0.29, 0.717) is 0 Å². The molecule has 1 aromatic heterocycles. The minimum Gasteiger partial charge on any atom is -0.496 e. The minimum absolute atomic E-state index is 0.00726. The zero-order valence-corrected chi connectivity index (χ0v) is 13.6. The van der Waals surface area contributed by atoms with Gasteiger partial charge in [0.1, 0.15) is 5.75 Å². The van der Waals surface area contributed by atoms with Crippen LogP contribution in [0, 0.1) is 13.8 Å². The van der Waals surface area contributed by atoms with Gasteiger partial charge in [0.05, 0.1) is 16.9 Å². The fourth-order valence-electron chi connectivity index (χ4n) is 2.18. The molecular formula is C14H17BrN2OS. The van der Waals surface area contributed by atoms with Crippen molar-refractivity contribution in [3.8, 4) is 5.75 Å². The minimum atomic E-state index is -0.00726. The smallest absolute Gasteiger partial charge is 0.122 e. The van der Waals surface area contributed by atoms with Crippen LogP contribution < -0.4 is 16.0 Å². The zero-order chi connectivity index (χ0) is 14.0. The number of nitrogens with two attached hydrogens (primary N) is 1. The molecule has 1 unspecified atom stereocenters. The normalized spacial score (nSPS) is 12.5. The number of hydrazine groups is 1. The number of thiophene rings is 1. The van der Waals surface area contributed by atoms with Crippen molar-refractivity contribution in [1.82, 2.24) is 5.43 Å². The number of nitrogens with one attached hydrogen (secondary N) is 1. The van der Waals surface area contributed by atoms with Crippen LogP contribution >= 0.6 is 27.3 Å². The van der Waals surface area contributed by atoms with E-state index in [1.54, 1.807) is 18.4 Å². The van der Waals surface area contributed by atoms with Crippen molar-refractivity contribution >= 4 is 27.3 Å². The Balaban J connectivity index is 2.47. The number of methoxy groups -OCH3 is 1. The fourth-order valence-corrected chi connectivity index (χ4v) is 3.38. The van der Waals surface area contributed by atoms with Crippen molar-refractivity contribution in [2.45, 2.75) is 19.9 Å². The van der Waals surface area contributed by atoms with E-state index in [0.717, 1.165) is 26.2 Å². The fraction of sp³-hybridized carbons (Fsp3) is 0.286. The Morgan fingerprint density at radius 1 is 1.26 bits per heavy atom. The number of hydrogen-bond acceptors (Lipinski definition) is 4. The first-order valence-electron chi connectivity index (χ1n) is 5.92. The van der Waals surface area contributed by atoms with Crippen molar-refractivity contribution in [2.24, 2.45) is 5.84 Å². The van der Waals surface area contributed by atoms with E-state index in [9.17, 15) is 0 Å². The molecule has 0 bridgehead atoms. The van der Waals surface area contributed by atoms with Crippen molar-refractivity contribution in [2.75, 3.05) is 7.11 Å². The summed E-state index contributed by atoms with van der Waals surface area (Å²) >= 11 is 5.14. The van der Waals surface area contributed by atoms with Gasteiger partial charge in [-0.2, -0.15) is 0 Å². The monoisotopic (exact) mass is 340 g/mol. The number of aryl methyl sites for hydroxylation is 2. The van der Waals surface area contributed by atoms with Crippen LogP contribution in [-0.4, -0.2) is 7.11 Å². The molecule has 0 amide bonds. The van der Waals surface area contributed by atoms with E-state index in [1.165, 1.54) is 5.56 Å². The summed E-state index contributed by atoms with van der Waals surface area (Å²) in [7, 11) is 1.69. The van der Waals surface area contributed by atoms with Crippen LogP contribution in [-0.2, 0) is 0 Å². The lowest BCUT2D eigenvalue weighted by Gasteiger charge is -2.19. The Labute approximate surface area is 125 Å². The van der Waals surface area contributed by atoms with Crippen molar-refractivity contribution in [3.63, 3.8) is 0 Å². The molecule has 0 aliphatic carbocycles. The first-order valence-corrected chi connectivity index (χ1v) is 7.59. The zero-order valence-electron chi connectivity index (χ0n) is 11.2. The Morgan fingerprint density at radius 3 is 2.53 bits per heavy atom. The number of halogens is 1. The Morgan fingerprint density at radius 2 is 2.00 bits per heavy atom. The molecular weight excluding hydrogens is 324 g/mol. The molecule has 1 heterocycles. The van der Waals surface area contributed by atoms with Gasteiger partial charge in [0.15, 0.2) is 0 Å². The summed E-state index contributed by atoms with van der Waals surface area (Å²) in [5.74, 6) is 6.65.